The van der Waals surface area contributed by atoms with Crippen LogP contribution in [0.2, 0.25) is 0 Å². The molecule has 2 fully saturated rings. The van der Waals surface area contributed by atoms with E-state index in [1.54, 1.807) is 0 Å². The summed E-state index contributed by atoms with van der Waals surface area (Å²) in [5.74, 6) is 0.212. The van der Waals surface area contributed by atoms with Crippen molar-refractivity contribution in [2.75, 3.05) is 19.7 Å². The number of carbonyl (C=O) groups excluding carboxylic acids is 1. The Balaban J connectivity index is 2.12. The molecule has 3 N–H and O–H groups in total. The van der Waals surface area contributed by atoms with Crippen molar-refractivity contribution in [3.05, 3.63) is 0 Å². The molecule has 2 aliphatic rings. The molecule has 18 heavy (non-hydrogen) atoms. The summed E-state index contributed by atoms with van der Waals surface area (Å²) in [6.45, 7) is 1.35. The van der Waals surface area contributed by atoms with Crippen molar-refractivity contribution in [1.82, 2.24) is 4.90 Å². The average molecular weight is 254 g/mol. The lowest BCUT2D eigenvalue weighted by molar-refractivity contribution is -0.144. The van der Waals surface area contributed by atoms with Gasteiger partial charge in [-0.2, -0.15) is 0 Å². The highest BCUT2D eigenvalue weighted by Gasteiger charge is 2.42. The SMILES string of the molecule is NCC1(C(=O)N2CCC[C@H]2CO)CCCCCC1. The number of nitrogens with zero attached hydrogens (tertiary/aromatic N) is 1. The van der Waals surface area contributed by atoms with E-state index >= 15 is 0 Å². The summed E-state index contributed by atoms with van der Waals surface area (Å²) in [6.07, 6.45) is 8.46. The zero-order valence-corrected chi connectivity index (χ0v) is 11.2. The molecule has 1 heterocycles. The fraction of sp³-hybridized carbons (Fsp3) is 0.929. The fourth-order valence-electron chi connectivity index (χ4n) is 3.51. The predicted molar refractivity (Wildman–Crippen MR) is 71.0 cm³/mol. The number of aliphatic hydroxyl groups is 1. The predicted octanol–water partition coefficient (Wildman–Crippen LogP) is 1.27. The summed E-state index contributed by atoms with van der Waals surface area (Å²) in [6, 6.07) is 0.0316. The Morgan fingerprint density at radius 1 is 1.22 bits per heavy atom. The fourth-order valence-corrected chi connectivity index (χ4v) is 3.51. The number of nitrogens with two attached hydrogens (primary N) is 1. The van der Waals surface area contributed by atoms with E-state index in [4.69, 9.17) is 5.73 Å². The minimum absolute atomic E-state index is 0.0316. The second kappa shape index (κ2) is 6.02. The number of likely N-dealkylation sites (tertiary alicyclic amines) is 1. The highest BCUT2D eigenvalue weighted by Crippen LogP contribution is 2.37. The van der Waals surface area contributed by atoms with Crippen LogP contribution in [0, 0.1) is 5.41 Å². The molecule has 1 amide bonds. The van der Waals surface area contributed by atoms with Gasteiger partial charge >= 0.3 is 0 Å². The second-order valence-electron chi connectivity index (χ2n) is 5.88. The molecule has 0 bridgehead atoms. The van der Waals surface area contributed by atoms with Gasteiger partial charge in [-0.05, 0) is 25.7 Å². The van der Waals surface area contributed by atoms with E-state index in [1.165, 1.54) is 12.8 Å². The Morgan fingerprint density at radius 2 is 1.89 bits per heavy atom. The molecule has 1 saturated carbocycles. The van der Waals surface area contributed by atoms with Crippen molar-refractivity contribution >= 4 is 5.91 Å². The van der Waals surface area contributed by atoms with Gasteiger partial charge in [-0.25, -0.2) is 0 Å². The first kappa shape index (κ1) is 13.8. The largest absolute Gasteiger partial charge is 0.394 e. The maximum Gasteiger partial charge on any atom is 0.230 e. The van der Waals surface area contributed by atoms with Crippen LogP contribution in [0.1, 0.15) is 51.4 Å². The summed E-state index contributed by atoms with van der Waals surface area (Å²) in [4.78, 5) is 14.7. The average Bonchev–Trinajstić information content (AvgIpc) is 2.74. The third kappa shape index (κ3) is 2.54. The maximum atomic E-state index is 12.8. The molecule has 4 heteroatoms. The Morgan fingerprint density at radius 3 is 2.44 bits per heavy atom. The molecule has 0 unspecified atom stereocenters. The number of hydrogen-bond donors (Lipinski definition) is 2. The Kier molecular flexibility index (Phi) is 4.62. The van der Waals surface area contributed by atoms with Crippen LogP contribution in [0.25, 0.3) is 0 Å². The Bertz CT molecular complexity index is 286. The van der Waals surface area contributed by atoms with Crippen molar-refractivity contribution in [2.45, 2.75) is 57.4 Å². The molecular formula is C14H26N2O2. The van der Waals surface area contributed by atoms with E-state index < -0.39 is 0 Å². The molecule has 1 aliphatic carbocycles. The van der Waals surface area contributed by atoms with Crippen LogP contribution in [0.4, 0.5) is 0 Å². The quantitative estimate of drug-likeness (QED) is 0.745. The molecule has 0 radical (unpaired) electrons. The lowest BCUT2D eigenvalue weighted by Crippen LogP contribution is -2.50. The minimum Gasteiger partial charge on any atom is -0.394 e. The molecule has 1 aliphatic heterocycles. The number of amides is 1. The van der Waals surface area contributed by atoms with Gasteiger partial charge in [-0.3, -0.25) is 4.79 Å². The van der Waals surface area contributed by atoms with Gasteiger partial charge in [0.15, 0.2) is 0 Å². The number of rotatable bonds is 3. The van der Waals surface area contributed by atoms with Crippen LogP contribution >= 0.6 is 0 Å². The smallest absolute Gasteiger partial charge is 0.230 e. The molecule has 0 aromatic carbocycles. The highest BCUT2D eigenvalue weighted by atomic mass is 16.3. The first-order chi connectivity index (χ1) is 8.73. The van der Waals surface area contributed by atoms with Crippen LogP contribution < -0.4 is 5.73 Å². The Labute approximate surface area is 110 Å². The first-order valence-corrected chi connectivity index (χ1v) is 7.35. The third-order valence-electron chi connectivity index (χ3n) is 4.75. The van der Waals surface area contributed by atoms with Gasteiger partial charge < -0.3 is 15.7 Å². The van der Waals surface area contributed by atoms with Gasteiger partial charge in [0.1, 0.15) is 0 Å². The lowest BCUT2D eigenvalue weighted by atomic mass is 9.79. The van der Waals surface area contributed by atoms with E-state index in [9.17, 15) is 9.90 Å². The van der Waals surface area contributed by atoms with E-state index in [-0.39, 0.29) is 24.0 Å². The van der Waals surface area contributed by atoms with E-state index in [1.807, 2.05) is 4.90 Å². The van der Waals surface area contributed by atoms with E-state index in [0.29, 0.717) is 6.54 Å². The number of hydrogen-bond acceptors (Lipinski definition) is 3. The number of aliphatic hydroxyl groups excluding tert-OH is 1. The first-order valence-electron chi connectivity index (χ1n) is 7.35. The summed E-state index contributed by atoms with van der Waals surface area (Å²) in [5.41, 5.74) is 5.61. The minimum atomic E-state index is -0.339. The molecule has 2 rings (SSSR count). The van der Waals surface area contributed by atoms with Gasteiger partial charge in [0.05, 0.1) is 18.1 Å². The molecule has 1 saturated heterocycles. The van der Waals surface area contributed by atoms with Gasteiger partial charge in [-0.15, -0.1) is 0 Å². The molecule has 0 aromatic heterocycles. The molecular weight excluding hydrogens is 228 g/mol. The normalized spacial score (nSPS) is 28.1. The van der Waals surface area contributed by atoms with Crippen molar-refractivity contribution < 1.29 is 9.90 Å². The number of carbonyl (C=O) groups is 1. The van der Waals surface area contributed by atoms with Crippen molar-refractivity contribution in [3.63, 3.8) is 0 Å². The summed E-state index contributed by atoms with van der Waals surface area (Å²) >= 11 is 0. The van der Waals surface area contributed by atoms with E-state index in [2.05, 4.69) is 0 Å². The zero-order valence-electron chi connectivity index (χ0n) is 11.2. The molecule has 0 aromatic rings. The Hall–Kier alpha value is -0.610. The monoisotopic (exact) mass is 254 g/mol. The van der Waals surface area contributed by atoms with Crippen LogP contribution in [0.5, 0.6) is 0 Å². The summed E-state index contributed by atoms with van der Waals surface area (Å²) in [5, 5.41) is 9.37. The van der Waals surface area contributed by atoms with Crippen LogP contribution in [-0.2, 0) is 4.79 Å². The summed E-state index contributed by atoms with van der Waals surface area (Å²) < 4.78 is 0. The van der Waals surface area contributed by atoms with Crippen molar-refractivity contribution in [1.29, 1.82) is 0 Å². The standard InChI is InChI=1S/C14H26N2O2/c15-11-14(7-3-1-2-4-8-14)13(18)16-9-5-6-12(16)10-17/h12,17H,1-11,15H2/t12-/m0/s1. The highest BCUT2D eigenvalue weighted by molar-refractivity contribution is 5.83. The van der Waals surface area contributed by atoms with Crippen LogP contribution in [-0.4, -0.2) is 41.7 Å². The summed E-state index contributed by atoms with van der Waals surface area (Å²) in [7, 11) is 0. The second-order valence-corrected chi connectivity index (χ2v) is 5.88. The van der Waals surface area contributed by atoms with Crippen molar-refractivity contribution in [3.8, 4) is 0 Å². The molecule has 1 atom stereocenters. The van der Waals surface area contributed by atoms with Crippen LogP contribution in [0.3, 0.4) is 0 Å². The molecule has 4 nitrogen and oxygen atoms in total. The van der Waals surface area contributed by atoms with Gasteiger partial charge in [-0.1, -0.05) is 25.7 Å². The maximum absolute atomic E-state index is 12.8. The zero-order chi connectivity index (χ0) is 13.0. The third-order valence-corrected chi connectivity index (χ3v) is 4.75. The lowest BCUT2D eigenvalue weighted by Gasteiger charge is -2.36. The van der Waals surface area contributed by atoms with E-state index in [0.717, 1.165) is 45.1 Å². The van der Waals surface area contributed by atoms with Crippen molar-refractivity contribution in [2.24, 2.45) is 11.1 Å². The topological polar surface area (TPSA) is 66.6 Å². The van der Waals surface area contributed by atoms with Crippen LogP contribution in [0.15, 0.2) is 0 Å². The molecule has 0 spiro atoms. The van der Waals surface area contributed by atoms with Gasteiger partial charge in [0.25, 0.3) is 0 Å². The van der Waals surface area contributed by atoms with Gasteiger partial charge in [0, 0.05) is 13.1 Å². The molecule has 104 valence electrons. The van der Waals surface area contributed by atoms with Gasteiger partial charge in [0.2, 0.25) is 5.91 Å².